The first-order valence-electron chi connectivity index (χ1n) is 6.66. The number of nitrogen functional groups attached to an aromatic ring is 1. The minimum absolute atomic E-state index is 0.245. The van der Waals surface area contributed by atoms with Gasteiger partial charge in [-0.25, -0.2) is 13.2 Å². The van der Waals surface area contributed by atoms with Gasteiger partial charge >= 0.3 is 11.9 Å². The van der Waals surface area contributed by atoms with Gasteiger partial charge in [0, 0.05) is 7.05 Å². The van der Waals surface area contributed by atoms with Gasteiger partial charge in [0.25, 0.3) is 21.5 Å². The lowest BCUT2D eigenvalue weighted by molar-refractivity contribution is -0.194. The average Bonchev–Trinajstić information content (AvgIpc) is 3.08. The number of aromatic nitrogens is 4. The fourth-order valence-electron chi connectivity index (χ4n) is 2.43. The zero-order valence-electron chi connectivity index (χ0n) is 12.9. The van der Waals surface area contributed by atoms with E-state index in [-0.39, 0.29) is 16.5 Å². The number of carbonyl (C=O) groups is 1. The zero-order valence-corrected chi connectivity index (χ0v) is 14.5. The number of nitrogens with two attached hydrogens (primary N) is 1. The number of carbonyl (C=O) groups excluding carboxylic acids is 1. The third kappa shape index (κ3) is 2.61. The van der Waals surface area contributed by atoms with Crippen LogP contribution in [0.1, 0.15) is 5.56 Å². The molecule has 3 heterocycles. The van der Waals surface area contributed by atoms with E-state index in [0.717, 1.165) is 7.05 Å². The number of amides is 1. The van der Waals surface area contributed by atoms with Crippen LogP contribution in [0.4, 0.5) is 24.1 Å². The van der Waals surface area contributed by atoms with Crippen molar-refractivity contribution in [2.24, 2.45) is 7.05 Å². The predicted octanol–water partition coefficient (Wildman–Crippen LogP) is -1.80. The Labute approximate surface area is 150 Å². The molecular formula is C10H8F3N7O5S2. The van der Waals surface area contributed by atoms with E-state index in [1.807, 2.05) is 0 Å². The van der Waals surface area contributed by atoms with E-state index in [9.17, 15) is 36.0 Å². The molecule has 0 saturated carbocycles. The minimum Gasteiger partial charge on any atom is -0.374 e. The molecule has 0 saturated heterocycles. The van der Waals surface area contributed by atoms with Crippen LogP contribution in [0.15, 0.2) is 13.9 Å². The lowest BCUT2D eigenvalue weighted by Gasteiger charge is -2.29. The molecule has 146 valence electrons. The standard InChI is InChI=1S/C10H8F3N7O5S2/c1-20-3-2(4(21)16-7(20)23)9(5(22)15-3,10(11,12)13)19-27(24,25)8-18-17-6(14)26-8/h19H,1H3,(H2,14,17)(H,15,22)(H,16,21,23). The number of hydrogen-bond acceptors (Lipinski definition) is 9. The average molecular weight is 427 g/mol. The Morgan fingerprint density at radius 3 is 2.41 bits per heavy atom. The number of halogens is 3. The van der Waals surface area contributed by atoms with E-state index in [1.54, 1.807) is 10.3 Å². The minimum atomic E-state index is -5.60. The number of nitrogens with zero attached hydrogens (tertiary/aromatic N) is 3. The van der Waals surface area contributed by atoms with E-state index in [0.29, 0.717) is 4.57 Å². The molecule has 1 aliphatic heterocycles. The summed E-state index contributed by atoms with van der Waals surface area (Å²) in [6, 6.07) is 0. The van der Waals surface area contributed by atoms with Gasteiger partial charge in [-0.05, 0) is 0 Å². The zero-order chi connectivity index (χ0) is 20.4. The van der Waals surface area contributed by atoms with Crippen LogP contribution in [0.25, 0.3) is 0 Å². The molecule has 2 aromatic rings. The van der Waals surface area contributed by atoms with Gasteiger partial charge in [-0.3, -0.25) is 19.1 Å². The molecule has 1 unspecified atom stereocenters. The maximum absolute atomic E-state index is 13.9. The highest BCUT2D eigenvalue weighted by molar-refractivity contribution is 7.91. The van der Waals surface area contributed by atoms with Gasteiger partial charge < -0.3 is 11.1 Å². The van der Waals surface area contributed by atoms with Crippen molar-refractivity contribution in [3.05, 3.63) is 26.4 Å². The molecule has 27 heavy (non-hydrogen) atoms. The van der Waals surface area contributed by atoms with Gasteiger partial charge in [-0.15, -0.1) is 10.2 Å². The summed E-state index contributed by atoms with van der Waals surface area (Å²) in [7, 11) is -4.11. The van der Waals surface area contributed by atoms with Crippen LogP contribution in [0, 0.1) is 0 Å². The second-order valence-corrected chi connectivity index (χ2v) is 8.12. The van der Waals surface area contributed by atoms with Crippen LogP contribution >= 0.6 is 11.3 Å². The normalized spacial score (nSPS) is 19.8. The molecule has 2 aromatic heterocycles. The molecule has 1 amide bonds. The Morgan fingerprint density at radius 2 is 1.89 bits per heavy atom. The first-order valence-corrected chi connectivity index (χ1v) is 8.96. The predicted molar refractivity (Wildman–Crippen MR) is 83.3 cm³/mol. The molecule has 0 aliphatic carbocycles. The van der Waals surface area contributed by atoms with Crippen molar-refractivity contribution >= 4 is 38.2 Å². The second-order valence-electron chi connectivity index (χ2n) is 5.26. The topological polar surface area (TPSA) is 182 Å². The van der Waals surface area contributed by atoms with Crippen molar-refractivity contribution in [2.75, 3.05) is 11.1 Å². The summed E-state index contributed by atoms with van der Waals surface area (Å²) in [6.45, 7) is 0. The number of nitrogens with one attached hydrogen (secondary N) is 3. The Hall–Kier alpha value is -2.79. The van der Waals surface area contributed by atoms with Crippen LogP contribution in [0.2, 0.25) is 0 Å². The van der Waals surface area contributed by atoms with Crippen molar-refractivity contribution < 1.29 is 26.4 Å². The summed E-state index contributed by atoms with van der Waals surface area (Å²) in [5.41, 5.74) is -2.81. The third-order valence-electron chi connectivity index (χ3n) is 3.64. The number of alkyl halides is 3. The monoisotopic (exact) mass is 427 g/mol. The highest BCUT2D eigenvalue weighted by atomic mass is 32.2. The molecule has 0 fully saturated rings. The molecule has 12 nitrogen and oxygen atoms in total. The Bertz CT molecular complexity index is 1180. The smallest absolute Gasteiger partial charge is 0.374 e. The maximum Gasteiger partial charge on any atom is 0.421 e. The van der Waals surface area contributed by atoms with Crippen molar-refractivity contribution in [3.8, 4) is 0 Å². The number of anilines is 2. The third-order valence-corrected chi connectivity index (χ3v) is 6.21. The van der Waals surface area contributed by atoms with E-state index < -0.39 is 54.6 Å². The molecule has 17 heteroatoms. The second kappa shape index (κ2) is 5.60. The number of sulfonamides is 1. The Morgan fingerprint density at radius 1 is 1.26 bits per heavy atom. The van der Waals surface area contributed by atoms with Crippen LogP contribution in [-0.4, -0.2) is 40.2 Å². The van der Waals surface area contributed by atoms with E-state index >= 15 is 0 Å². The van der Waals surface area contributed by atoms with Crippen LogP contribution < -0.4 is 27.0 Å². The van der Waals surface area contributed by atoms with Crippen LogP contribution in [-0.2, 0) is 27.4 Å². The van der Waals surface area contributed by atoms with Crippen molar-refractivity contribution in [1.82, 2.24) is 24.5 Å². The van der Waals surface area contributed by atoms with Gasteiger partial charge in [-0.2, -0.15) is 17.9 Å². The summed E-state index contributed by atoms with van der Waals surface area (Å²) in [5.74, 6) is -2.72. The molecule has 0 radical (unpaired) electrons. The number of fused-ring (bicyclic) bond motifs is 1. The van der Waals surface area contributed by atoms with Crippen molar-refractivity contribution in [3.63, 3.8) is 0 Å². The van der Waals surface area contributed by atoms with Gasteiger partial charge in [0.1, 0.15) is 5.82 Å². The summed E-state index contributed by atoms with van der Waals surface area (Å²) in [5, 5.41) is 7.68. The molecule has 0 aromatic carbocycles. The fraction of sp³-hybridized carbons (Fsp3) is 0.300. The lowest BCUT2D eigenvalue weighted by Crippen LogP contribution is -2.61. The van der Waals surface area contributed by atoms with Gasteiger partial charge in [0.05, 0.1) is 5.56 Å². The first kappa shape index (κ1) is 19.0. The quantitative estimate of drug-likeness (QED) is 0.442. The summed E-state index contributed by atoms with van der Waals surface area (Å²) in [6.07, 6.45) is -5.60. The molecule has 3 rings (SSSR count). The SMILES string of the molecule is Cn1c2c(c(=O)[nH]c1=O)C(NS(=O)(=O)c1nnc(N)s1)(C(F)(F)F)C(=O)N2. The summed E-state index contributed by atoms with van der Waals surface area (Å²) < 4.78 is 67.2. The summed E-state index contributed by atoms with van der Waals surface area (Å²) in [4.78, 5) is 37.5. The van der Waals surface area contributed by atoms with Gasteiger partial charge in [0.2, 0.25) is 15.0 Å². The highest BCUT2D eigenvalue weighted by Gasteiger charge is 2.69. The molecule has 1 atom stereocenters. The molecule has 1 aliphatic rings. The molecule has 5 N–H and O–H groups in total. The van der Waals surface area contributed by atoms with Crippen LogP contribution in [0.3, 0.4) is 0 Å². The number of hydrogen-bond donors (Lipinski definition) is 4. The lowest BCUT2D eigenvalue weighted by atomic mass is 9.94. The van der Waals surface area contributed by atoms with Gasteiger partial charge in [0.15, 0.2) is 0 Å². The van der Waals surface area contributed by atoms with E-state index in [1.165, 1.54) is 4.72 Å². The number of H-pyrrole nitrogens is 1. The molecule has 0 spiro atoms. The Kier molecular flexibility index (Phi) is 3.94. The molecular weight excluding hydrogens is 419 g/mol. The Balaban J connectivity index is 2.33. The van der Waals surface area contributed by atoms with Gasteiger partial charge in [-0.1, -0.05) is 11.3 Å². The first-order chi connectivity index (χ1) is 12.3. The molecule has 0 bridgehead atoms. The van der Waals surface area contributed by atoms with E-state index in [2.05, 4.69) is 10.2 Å². The maximum atomic E-state index is 13.9. The van der Waals surface area contributed by atoms with E-state index in [4.69, 9.17) is 5.73 Å². The van der Waals surface area contributed by atoms with Crippen molar-refractivity contribution in [2.45, 2.75) is 16.1 Å². The van der Waals surface area contributed by atoms with Crippen LogP contribution in [0.5, 0.6) is 0 Å². The largest absolute Gasteiger partial charge is 0.421 e. The number of rotatable bonds is 3. The fourth-order valence-corrected chi connectivity index (χ4v) is 4.54. The van der Waals surface area contributed by atoms with Crippen molar-refractivity contribution in [1.29, 1.82) is 0 Å². The highest BCUT2D eigenvalue weighted by Crippen LogP contribution is 2.45. The number of aromatic amines is 1. The summed E-state index contributed by atoms with van der Waals surface area (Å²) >= 11 is 0.245.